The minimum atomic E-state index is -4.40. The second-order valence-corrected chi connectivity index (χ2v) is 1.91. The molecule has 0 N–H and O–H groups in total. The summed E-state index contributed by atoms with van der Waals surface area (Å²) >= 11 is 0. The molecule has 0 fully saturated rings. The third kappa shape index (κ3) is 7.33. The SMILES string of the molecule is CCOC(=O)COCC(F)(F)F. The van der Waals surface area contributed by atoms with E-state index in [1.54, 1.807) is 6.92 Å². The summed E-state index contributed by atoms with van der Waals surface area (Å²) in [5, 5.41) is 0. The standard InChI is InChI=1S/C6H9F3O3/c1-2-12-5(10)3-11-4-6(7,8)9/h2-4H2,1H3. The molecular formula is C6H9F3O3. The molecule has 0 heterocycles. The van der Waals surface area contributed by atoms with Crippen molar-refractivity contribution in [1.29, 1.82) is 0 Å². The number of carbonyl (C=O) groups excluding carboxylic acids is 1. The molecule has 0 unspecified atom stereocenters. The van der Waals surface area contributed by atoms with Crippen molar-refractivity contribution in [2.75, 3.05) is 19.8 Å². The summed E-state index contributed by atoms with van der Waals surface area (Å²) in [5.41, 5.74) is 0. The van der Waals surface area contributed by atoms with E-state index < -0.39 is 25.4 Å². The van der Waals surface area contributed by atoms with Crippen LogP contribution in [0.25, 0.3) is 0 Å². The molecule has 0 spiro atoms. The maximum Gasteiger partial charge on any atom is 0.411 e. The summed E-state index contributed by atoms with van der Waals surface area (Å²) in [7, 11) is 0. The van der Waals surface area contributed by atoms with Crippen LogP contribution in [0.1, 0.15) is 6.92 Å². The fraction of sp³-hybridized carbons (Fsp3) is 0.833. The number of esters is 1. The maximum absolute atomic E-state index is 11.4. The van der Waals surface area contributed by atoms with Gasteiger partial charge in [0.1, 0.15) is 13.2 Å². The smallest absolute Gasteiger partial charge is 0.411 e. The third-order valence-electron chi connectivity index (χ3n) is 0.791. The highest BCUT2D eigenvalue weighted by atomic mass is 19.4. The Morgan fingerprint density at radius 3 is 2.42 bits per heavy atom. The van der Waals surface area contributed by atoms with Crippen LogP contribution in [0, 0.1) is 0 Å². The summed E-state index contributed by atoms with van der Waals surface area (Å²) in [6.07, 6.45) is -4.40. The van der Waals surface area contributed by atoms with E-state index in [1.165, 1.54) is 0 Å². The zero-order chi connectivity index (χ0) is 9.61. The first-order valence-electron chi connectivity index (χ1n) is 3.26. The monoisotopic (exact) mass is 186 g/mol. The number of halogens is 3. The van der Waals surface area contributed by atoms with Crippen molar-refractivity contribution in [2.45, 2.75) is 13.1 Å². The molecule has 0 aromatic heterocycles. The molecule has 0 radical (unpaired) electrons. The van der Waals surface area contributed by atoms with Crippen LogP contribution in [0.2, 0.25) is 0 Å². The first-order valence-corrected chi connectivity index (χ1v) is 3.26. The van der Waals surface area contributed by atoms with E-state index in [1.807, 2.05) is 0 Å². The molecule has 0 saturated carbocycles. The van der Waals surface area contributed by atoms with Gasteiger partial charge in [0.15, 0.2) is 0 Å². The average molecular weight is 186 g/mol. The lowest BCUT2D eigenvalue weighted by molar-refractivity contribution is -0.181. The molecule has 0 bridgehead atoms. The van der Waals surface area contributed by atoms with Crippen LogP contribution in [0.15, 0.2) is 0 Å². The highest BCUT2D eigenvalue weighted by Crippen LogP contribution is 2.14. The highest BCUT2D eigenvalue weighted by Gasteiger charge is 2.27. The van der Waals surface area contributed by atoms with Gasteiger partial charge in [-0.1, -0.05) is 0 Å². The Labute approximate surface area is 67.4 Å². The van der Waals surface area contributed by atoms with Gasteiger partial charge in [-0.25, -0.2) is 4.79 Å². The molecule has 0 atom stereocenters. The number of hydrogen-bond donors (Lipinski definition) is 0. The summed E-state index contributed by atoms with van der Waals surface area (Å²) in [6, 6.07) is 0. The van der Waals surface area contributed by atoms with Crippen molar-refractivity contribution < 1.29 is 27.4 Å². The lowest BCUT2D eigenvalue weighted by Gasteiger charge is -2.06. The second-order valence-electron chi connectivity index (χ2n) is 1.91. The number of ether oxygens (including phenoxy) is 2. The molecular weight excluding hydrogens is 177 g/mol. The predicted octanol–water partition coefficient (Wildman–Crippen LogP) is 1.13. The quantitative estimate of drug-likeness (QED) is 0.617. The van der Waals surface area contributed by atoms with Gasteiger partial charge in [-0.2, -0.15) is 13.2 Å². The molecule has 6 heteroatoms. The first-order chi connectivity index (χ1) is 5.45. The van der Waals surface area contributed by atoms with E-state index in [4.69, 9.17) is 0 Å². The van der Waals surface area contributed by atoms with Crippen molar-refractivity contribution >= 4 is 5.97 Å². The minimum absolute atomic E-state index is 0.133. The topological polar surface area (TPSA) is 35.5 Å². The van der Waals surface area contributed by atoms with Gasteiger partial charge >= 0.3 is 12.1 Å². The van der Waals surface area contributed by atoms with E-state index in [0.29, 0.717) is 0 Å². The Bertz CT molecular complexity index is 143. The molecule has 0 rings (SSSR count). The van der Waals surface area contributed by atoms with Crippen molar-refractivity contribution in [2.24, 2.45) is 0 Å². The average Bonchev–Trinajstić information content (AvgIpc) is 1.84. The van der Waals surface area contributed by atoms with Gasteiger partial charge in [-0.3, -0.25) is 0 Å². The Morgan fingerprint density at radius 2 is 2.00 bits per heavy atom. The van der Waals surface area contributed by atoms with E-state index in [2.05, 4.69) is 9.47 Å². The second kappa shape index (κ2) is 4.97. The summed E-state index contributed by atoms with van der Waals surface area (Å²) in [5.74, 6) is -0.790. The fourth-order valence-corrected chi connectivity index (χ4v) is 0.453. The van der Waals surface area contributed by atoms with E-state index in [-0.39, 0.29) is 6.61 Å². The molecule has 0 aliphatic rings. The molecule has 3 nitrogen and oxygen atoms in total. The highest BCUT2D eigenvalue weighted by molar-refractivity contribution is 5.70. The lowest BCUT2D eigenvalue weighted by Crippen LogP contribution is -2.21. The molecule has 0 aromatic rings. The van der Waals surface area contributed by atoms with Crippen molar-refractivity contribution in [3.63, 3.8) is 0 Å². The molecule has 12 heavy (non-hydrogen) atoms. The van der Waals surface area contributed by atoms with Crippen LogP contribution < -0.4 is 0 Å². The predicted molar refractivity (Wildman–Crippen MR) is 33.5 cm³/mol. The molecule has 0 saturated heterocycles. The summed E-state index contributed by atoms with van der Waals surface area (Å²) < 4.78 is 42.6. The van der Waals surface area contributed by atoms with Gasteiger partial charge < -0.3 is 9.47 Å². The molecule has 0 aliphatic carbocycles. The number of alkyl halides is 3. The zero-order valence-corrected chi connectivity index (χ0v) is 6.48. The van der Waals surface area contributed by atoms with Crippen LogP contribution in [0.4, 0.5) is 13.2 Å². The van der Waals surface area contributed by atoms with Crippen molar-refractivity contribution in [3.8, 4) is 0 Å². The van der Waals surface area contributed by atoms with E-state index >= 15 is 0 Å². The summed E-state index contributed by atoms with van der Waals surface area (Å²) in [6.45, 7) is -0.394. The Kier molecular flexibility index (Phi) is 4.65. The molecule has 0 aliphatic heterocycles. The van der Waals surface area contributed by atoms with Crippen LogP contribution in [-0.4, -0.2) is 32.0 Å². The maximum atomic E-state index is 11.4. The van der Waals surface area contributed by atoms with Gasteiger partial charge in [-0.15, -0.1) is 0 Å². The van der Waals surface area contributed by atoms with Gasteiger partial charge in [-0.05, 0) is 6.92 Å². The van der Waals surface area contributed by atoms with Gasteiger partial charge in [0.05, 0.1) is 6.61 Å². The first kappa shape index (κ1) is 11.2. The normalized spacial score (nSPS) is 11.3. The van der Waals surface area contributed by atoms with Gasteiger partial charge in [0.25, 0.3) is 0 Å². The fourth-order valence-electron chi connectivity index (χ4n) is 0.453. The molecule has 0 aromatic carbocycles. The Hall–Kier alpha value is -0.780. The van der Waals surface area contributed by atoms with Gasteiger partial charge in [0.2, 0.25) is 0 Å². The van der Waals surface area contributed by atoms with Crippen LogP contribution >= 0.6 is 0 Å². The zero-order valence-electron chi connectivity index (χ0n) is 6.48. The largest absolute Gasteiger partial charge is 0.464 e. The van der Waals surface area contributed by atoms with Crippen LogP contribution in [0.5, 0.6) is 0 Å². The minimum Gasteiger partial charge on any atom is -0.464 e. The number of rotatable bonds is 4. The van der Waals surface area contributed by atoms with Crippen molar-refractivity contribution in [3.05, 3.63) is 0 Å². The lowest BCUT2D eigenvalue weighted by atomic mass is 10.6. The molecule has 0 amide bonds. The number of hydrogen-bond acceptors (Lipinski definition) is 3. The van der Waals surface area contributed by atoms with E-state index in [0.717, 1.165) is 0 Å². The van der Waals surface area contributed by atoms with E-state index in [9.17, 15) is 18.0 Å². The van der Waals surface area contributed by atoms with Crippen LogP contribution in [-0.2, 0) is 14.3 Å². The third-order valence-corrected chi connectivity index (χ3v) is 0.791. The summed E-state index contributed by atoms with van der Waals surface area (Å²) in [4.78, 5) is 10.4. The molecule has 72 valence electrons. The Morgan fingerprint density at radius 1 is 1.42 bits per heavy atom. The van der Waals surface area contributed by atoms with Gasteiger partial charge in [0, 0.05) is 0 Å². The Balaban J connectivity index is 3.37. The van der Waals surface area contributed by atoms with Crippen LogP contribution in [0.3, 0.4) is 0 Å². The number of carbonyl (C=O) groups is 1. The van der Waals surface area contributed by atoms with Crippen molar-refractivity contribution in [1.82, 2.24) is 0 Å².